The number of carbonyl (C=O) groups excluding carboxylic acids is 1. The van der Waals surface area contributed by atoms with Gasteiger partial charge >= 0.3 is 5.97 Å². The Kier molecular flexibility index (Phi) is 6.11. The van der Waals surface area contributed by atoms with Crippen LogP contribution < -0.4 is 5.32 Å². The molecule has 0 amide bonds. The van der Waals surface area contributed by atoms with E-state index >= 15 is 0 Å². The highest BCUT2D eigenvalue weighted by Gasteiger charge is 2.35. The minimum Gasteiger partial charge on any atom is -0.465 e. The van der Waals surface area contributed by atoms with E-state index in [0.717, 1.165) is 26.2 Å². The van der Waals surface area contributed by atoms with Crippen molar-refractivity contribution >= 4 is 5.97 Å². The Morgan fingerprint density at radius 3 is 2.42 bits per heavy atom. The molecule has 1 aliphatic carbocycles. The van der Waals surface area contributed by atoms with E-state index in [1.54, 1.807) is 0 Å². The van der Waals surface area contributed by atoms with Gasteiger partial charge in [-0.2, -0.15) is 0 Å². The molecule has 19 heavy (non-hydrogen) atoms. The fourth-order valence-electron chi connectivity index (χ4n) is 3.45. The number of nitrogens with one attached hydrogen (secondary N) is 1. The van der Waals surface area contributed by atoms with E-state index in [1.165, 1.54) is 38.5 Å². The summed E-state index contributed by atoms with van der Waals surface area (Å²) in [6, 6.07) is 0.000139. The molecule has 110 valence electrons. The number of piperazine rings is 1. The summed E-state index contributed by atoms with van der Waals surface area (Å²) in [7, 11) is 0. The summed E-state index contributed by atoms with van der Waals surface area (Å²) < 4.78 is 5.35. The fraction of sp³-hybridized carbons (Fsp3) is 0.933. The number of ether oxygens (including phenoxy) is 1. The van der Waals surface area contributed by atoms with E-state index in [1.807, 2.05) is 6.92 Å². The first-order valence-corrected chi connectivity index (χ1v) is 7.94. The third kappa shape index (κ3) is 4.18. The van der Waals surface area contributed by atoms with Crippen molar-refractivity contribution in [3.05, 3.63) is 0 Å². The molecule has 1 saturated heterocycles. The Balaban J connectivity index is 2.04. The highest BCUT2D eigenvalue weighted by atomic mass is 16.5. The highest BCUT2D eigenvalue weighted by molar-refractivity contribution is 5.76. The molecular weight excluding hydrogens is 240 g/mol. The summed E-state index contributed by atoms with van der Waals surface area (Å²) in [5, 5.41) is 3.36. The minimum absolute atomic E-state index is 0.000139. The second-order valence-corrected chi connectivity index (χ2v) is 5.73. The van der Waals surface area contributed by atoms with E-state index in [0.29, 0.717) is 12.5 Å². The molecule has 4 heteroatoms. The van der Waals surface area contributed by atoms with Crippen molar-refractivity contribution in [1.82, 2.24) is 10.2 Å². The van der Waals surface area contributed by atoms with Gasteiger partial charge in [-0.1, -0.05) is 25.7 Å². The second kappa shape index (κ2) is 7.85. The molecule has 0 spiro atoms. The maximum atomic E-state index is 12.4. The van der Waals surface area contributed by atoms with E-state index in [-0.39, 0.29) is 12.0 Å². The van der Waals surface area contributed by atoms with Crippen molar-refractivity contribution in [2.45, 2.75) is 51.5 Å². The van der Waals surface area contributed by atoms with Crippen molar-refractivity contribution in [3.8, 4) is 0 Å². The number of rotatable bonds is 4. The lowest BCUT2D eigenvalue weighted by Gasteiger charge is -2.37. The topological polar surface area (TPSA) is 41.6 Å². The summed E-state index contributed by atoms with van der Waals surface area (Å²) in [5.74, 6) is 0.510. The molecule has 1 saturated carbocycles. The Hall–Kier alpha value is -0.610. The van der Waals surface area contributed by atoms with Crippen LogP contribution in [0, 0.1) is 5.92 Å². The summed E-state index contributed by atoms with van der Waals surface area (Å²) in [5.41, 5.74) is 0. The lowest BCUT2D eigenvalue weighted by Crippen LogP contribution is -2.54. The van der Waals surface area contributed by atoms with E-state index in [4.69, 9.17) is 4.74 Å². The molecule has 0 aromatic carbocycles. The zero-order chi connectivity index (χ0) is 13.5. The average molecular weight is 268 g/mol. The van der Waals surface area contributed by atoms with E-state index in [9.17, 15) is 4.79 Å². The van der Waals surface area contributed by atoms with Gasteiger partial charge in [-0.3, -0.25) is 9.69 Å². The number of esters is 1. The predicted molar refractivity (Wildman–Crippen MR) is 76.1 cm³/mol. The van der Waals surface area contributed by atoms with Crippen molar-refractivity contribution < 1.29 is 9.53 Å². The molecule has 0 aromatic rings. The van der Waals surface area contributed by atoms with Crippen molar-refractivity contribution in [1.29, 1.82) is 0 Å². The van der Waals surface area contributed by atoms with Crippen LogP contribution in [0.1, 0.15) is 45.4 Å². The molecule has 1 N–H and O–H groups in total. The van der Waals surface area contributed by atoms with Crippen molar-refractivity contribution in [3.63, 3.8) is 0 Å². The van der Waals surface area contributed by atoms with Crippen LogP contribution in [0.5, 0.6) is 0 Å². The molecule has 0 bridgehead atoms. The number of carbonyl (C=O) groups is 1. The first-order valence-electron chi connectivity index (χ1n) is 7.94. The van der Waals surface area contributed by atoms with E-state index in [2.05, 4.69) is 10.2 Å². The molecule has 2 aliphatic rings. The monoisotopic (exact) mass is 268 g/mol. The summed E-state index contributed by atoms with van der Waals surface area (Å²) in [4.78, 5) is 14.7. The van der Waals surface area contributed by atoms with Crippen LogP contribution in [0.4, 0.5) is 0 Å². The van der Waals surface area contributed by atoms with Gasteiger partial charge in [0.2, 0.25) is 0 Å². The zero-order valence-electron chi connectivity index (χ0n) is 12.2. The Morgan fingerprint density at radius 1 is 1.21 bits per heavy atom. The molecule has 0 aromatic heterocycles. The molecule has 1 atom stereocenters. The molecule has 1 heterocycles. The standard InChI is InChI=1S/C15H28N2O2/c1-2-19-15(18)14(17-11-9-16-10-12-17)13-7-5-3-4-6-8-13/h13-14,16H,2-12H2,1H3. The van der Waals surface area contributed by atoms with Gasteiger partial charge in [-0.05, 0) is 25.7 Å². The number of hydrogen-bond donors (Lipinski definition) is 1. The average Bonchev–Trinajstić information content (AvgIpc) is 2.70. The van der Waals surface area contributed by atoms with Crippen molar-refractivity contribution in [2.75, 3.05) is 32.8 Å². The van der Waals surface area contributed by atoms with Crippen molar-refractivity contribution in [2.24, 2.45) is 5.92 Å². The van der Waals surface area contributed by atoms with Gasteiger partial charge in [0.15, 0.2) is 0 Å². The quantitative estimate of drug-likeness (QED) is 0.623. The van der Waals surface area contributed by atoms with Gasteiger partial charge in [0.1, 0.15) is 6.04 Å². The Labute approximate surface area is 116 Å². The third-order valence-electron chi connectivity index (χ3n) is 4.42. The molecule has 1 unspecified atom stereocenters. The van der Waals surface area contributed by atoms with Gasteiger partial charge in [-0.25, -0.2) is 0 Å². The smallest absolute Gasteiger partial charge is 0.323 e. The van der Waals surface area contributed by atoms with Gasteiger partial charge in [0, 0.05) is 26.2 Å². The normalized spacial score (nSPS) is 24.7. The molecule has 1 aliphatic heterocycles. The van der Waals surface area contributed by atoms with Crippen LogP contribution in [0.2, 0.25) is 0 Å². The summed E-state index contributed by atoms with van der Waals surface area (Å²) >= 11 is 0. The van der Waals surface area contributed by atoms with Crippen LogP contribution in [-0.2, 0) is 9.53 Å². The lowest BCUT2D eigenvalue weighted by molar-refractivity contribution is -0.152. The lowest BCUT2D eigenvalue weighted by atomic mass is 9.90. The van der Waals surface area contributed by atoms with Crippen LogP contribution >= 0.6 is 0 Å². The molecule has 2 fully saturated rings. The first kappa shape index (κ1) is 14.8. The first-order chi connectivity index (χ1) is 9.33. The zero-order valence-corrected chi connectivity index (χ0v) is 12.2. The molecular formula is C15H28N2O2. The maximum Gasteiger partial charge on any atom is 0.323 e. The number of hydrogen-bond acceptors (Lipinski definition) is 4. The Morgan fingerprint density at radius 2 is 1.84 bits per heavy atom. The van der Waals surface area contributed by atoms with Crippen LogP contribution in [0.25, 0.3) is 0 Å². The largest absolute Gasteiger partial charge is 0.465 e. The van der Waals surface area contributed by atoms with Crippen LogP contribution in [0.3, 0.4) is 0 Å². The minimum atomic E-state index is 0.000139. The summed E-state index contributed by atoms with van der Waals surface area (Å²) in [6.07, 6.45) is 7.57. The molecule has 4 nitrogen and oxygen atoms in total. The fourth-order valence-corrected chi connectivity index (χ4v) is 3.45. The maximum absolute atomic E-state index is 12.4. The molecule has 0 radical (unpaired) electrons. The predicted octanol–water partition coefficient (Wildman–Crippen LogP) is 1.79. The SMILES string of the molecule is CCOC(=O)C(C1CCCCCC1)N1CCNCC1. The van der Waals surface area contributed by atoms with E-state index < -0.39 is 0 Å². The van der Waals surface area contributed by atoms with Gasteiger partial charge in [0.25, 0.3) is 0 Å². The van der Waals surface area contributed by atoms with Crippen LogP contribution in [-0.4, -0.2) is 49.7 Å². The third-order valence-corrected chi connectivity index (χ3v) is 4.42. The highest BCUT2D eigenvalue weighted by Crippen LogP contribution is 2.29. The van der Waals surface area contributed by atoms with Gasteiger partial charge in [0.05, 0.1) is 6.61 Å². The summed E-state index contributed by atoms with van der Waals surface area (Å²) in [6.45, 7) is 6.32. The number of nitrogens with zero attached hydrogens (tertiary/aromatic N) is 1. The van der Waals surface area contributed by atoms with Gasteiger partial charge in [-0.15, -0.1) is 0 Å². The second-order valence-electron chi connectivity index (χ2n) is 5.73. The Bertz CT molecular complexity index is 269. The molecule has 2 rings (SSSR count). The van der Waals surface area contributed by atoms with Gasteiger partial charge < -0.3 is 10.1 Å². The van der Waals surface area contributed by atoms with Crippen LogP contribution in [0.15, 0.2) is 0 Å².